The summed E-state index contributed by atoms with van der Waals surface area (Å²) in [6.07, 6.45) is 9.57. The average Bonchev–Trinajstić information content (AvgIpc) is 2.41. The van der Waals surface area contributed by atoms with E-state index in [9.17, 15) is 0 Å². The van der Waals surface area contributed by atoms with Crippen LogP contribution in [0.1, 0.15) is 65.7 Å². The summed E-state index contributed by atoms with van der Waals surface area (Å²) in [6.45, 7) is 8.39. The Morgan fingerprint density at radius 3 is 2.30 bits per heavy atom. The molecule has 3 unspecified atom stereocenters. The number of nitrogens with two attached hydrogens (primary N) is 1. The number of rotatable bonds is 4. The summed E-state index contributed by atoms with van der Waals surface area (Å²) in [5.41, 5.74) is 6.41. The smallest absolute Gasteiger partial charge is 0.00925 e. The molecule has 0 saturated heterocycles. The van der Waals surface area contributed by atoms with E-state index >= 15 is 0 Å². The maximum atomic E-state index is 6.41. The first-order chi connectivity index (χ1) is 9.47. The predicted octanol–water partition coefficient (Wildman–Crippen LogP) is 3.90. The molecule has 2 saturated carbocycles. The van der Waals surface area contributed by atoms with Crippen LogP contribution in [0, 0.1) is 23.7 Å². The number of hydrogen-bond donors (Lipinski definition) is 1. The molecule has 2 N–H and O–H groups in total. The molecule has 2 rings (SSSR count). The highest BCUT2D eigenvalue weighted by Crippen LogP contribution is 2.34. The Labute approximate surface area is 126 Å². The fourth-order valence-corrected chi connectivity index (χ4v) is 4.34. The van der Waals surface area contributed by atoms with Gasteiger partial charge in [0.1, 0.15) is 0 Å². The van der Waals surface area contributed by atoms with Gasteiger partial charge in [0.25, 0.3) is 0 Å². The van der Waals surface area contributed by atoms with Crippen LogP contribution in [-0.2, 0) is 0 Å². The fraction of sp³-hybridized carbons (Fsp3) is 1.00. The van der Waals surface area contributed by atoms with E-state index in [1.54, 1.807) is 0 Å². The van der Waals surface area contributed by atoms with Crippen molar-refractivity contribution in [2.75, 3.05) is 13.6 Å². The van der Waals surface area contributed by atoms with Gasteiger partial charge in [-0.3, -0.25) is 0 Å². The molecule has 0 bridgehead atoms. The second-order valence-electron chi connectivity index (χ2n) is 8.09. The third-order valence-corrected chi connectivity index (χ3v) is 6.16. The molecule has 0 radical (unpaired) electrons. The van der Waals surface area contributed by atoms with Crippen LogP contribution < -0.4 is 5.73 Å². The monoisotopic (exact) mass is 280 g/mol. The lowest BCUT2D eigenvalue weighted by Crippen LogP contribution is -2.46. The Hall–Kier alpha value is -0.0800. The maximum Gasteiger partial charge on any atom is 0.00925 e. The van der Waals surface area contributed by atoms with Crippen LogP contribution in [0.5, 0.6) is 0 Å². The summed E-state index contributed by atoms with van der Waals surface area (Å²) in [6, 6.07) is 1.26. The summed E-state index contributed by atoms with van der Waals surface area (Å²) in [5, 5.41) is 0. The minimum atomic E-state index is 0.440. The number of nitrogens with zero attached hydrogens (tertiary/aromatic N) is 1. The van der Waals surface area contributed by atoms with Gasteiger partial charge in [0, 0.05) is 18.6 Å². The minimum Gasteiger partial charge on any atom is -0.327 e. The zero-order valence-corrected chi connectivity index (χ0v) is 14.1. The zero-order valence-electron chi connectivity index (χ0n) is 14.1. The summed E-state index contributed by atoms with van der Waals surface area (Å²) >= 11 is 0. The van der Waals surface area contributed by atoms with Gasteiger partial charge < -0.3 is 10.6 Å². The molecule has 0 heterocycles. The topological polar surface area (TPSA) is 29.3 Å². The molecule has 3 atom stereocenters. The van der Waals surface area contributed by atoms with Gasteiger partial charge in [-0.2, -0.15) is 0 Å². The van der Waals surface area contributed by atoms with Gasteiger partial charge in [0.2, 0.25) is 0 Å². The fourth-order valence-electron chi connectivity index (χ4n) is 4.34. The van der Waals surface area contributed by atoms with Crippen molar-refractivity contribution in [1.29, 1.82) is 0 Å². The van der Waals surface area contributed by atoms with Crippen molar-refractivity contribution in [2.24, 2.45) is 29.4 Å². The van der Waals surface area contributed by atoms with Crippen molar-refractivity contribution in [3.05, 3.63) is 0 Å². The van der Waals surface area contributed by atoms with Crippen molar-refractivity contribution in [3.63, 3.8) is 0 Å². The summed E-state index contributed by atoms with van der Waals surface area (Å²) in [7, 11) is 2.34. The summed E-state index contributed by atoms with van der Waals surface area (Å²) < 4.78 is 0. The molecule has 0 amide bonds. The molecular weight excluding hydrogens is 244 g/mol. The SMILES string of the molecule is CC1CCC(N(C)CC2CC(C(C)C)CCC2N)CC1. The Morgan fingerprint density at radius 2 is 1.70 bits per heavy atom. The molecule has 2 aliphatic carbocycles. The van der Waals surface area contributed by atoms with Gasteiger partial charge in [0.05, 0.1) is 0 Å². The van der Waals surface area contributed by atoms with Crippen molar-refractivity contribution < 1.29 is 0 Å². The van der Waals surface area contributed by atoms with E-state index in [1.165, 1.54) is 51.5 Å². The lowest BCUT2D eigenvalue weighted by atomic mass is 9.73. The number of hydrogen-bond acceptors (Lipinski definition) is 2. The van der Waals surface area contributed by atoms with Crippen LogP contribution in [0.3, 0.4) is 0 Å². The van der Waals surface area contributed by atoms with Gasteiger partial charge >= 0.3 is 0 Å². The molecule has 20 heavy (non-hydrogen) atoms. The Balaban J connectivity index is 1.84. The first kappa shape index (κ1) is 16.3. The lowest BCUT2D eigenvalue weighted by molar-refractivity contribution is 0.106. The van der Waals surface area contributed by atoms with E-state index in [-0.39, 0.29) is 0 Å². The van der Waals surface area contributed by atoms with Crippen LogP contribution >= 0.6 is 0 Å². The van der Waals surface area contributed by atoms with Crippen molar-refractivity contribution >= 4 is 0 Å². The molecule has 2 heteroatoms. The molecular formula is C18H36N2. The predicted molar refractivity (Wildman–Crippen MR) is 87.7 cm³/mol. The van der Waals surface area contributed by atoms with Gasteiger partial charge in [0.15, 0.2) is 0 Å². The first-order valence-electron chi connectivity index (χ1n) is 8.93. The highest BCUT2D eigenvalue weighted by Gasteiger charge is 2.32. The third kappa shape index (κ3) is 4.21. The highest BCUT2D eigenvalue weighted by molar-refractivity contribution is 4.87. The van der Waals surface area contributed by atoms with E-state index < -0.39 is 0 Å². The quantitative estimate of drug-likeness (QED) is 0.846. The Kier molecular flexibility index (Phi) is 5.92. The first-order valence-corrected chi connectivity index (χ1v) is 8.93. The summed E-state index contributed by atoms with van der Waals surface area (Å²) in [4.78, 5) is 2.64. The van der Waals surface area contributed by atoms with Crippen LogP contribution in [0.2, 0.25) is 0 Å². The van der Waals surface area contributed by atoms with E-state index in [4.69, 9.17) is 5.73 Å². The van der Waals surface area contributed by atoms with Crippen LogP contribution in [0.15, 0.2) is 0 Å². The van der Waals surface area contributed by atoms with E-state index in [0.717, 1.165) is 29.7 Å². The largest absolute Gasteiger partial charge is 0.327 e. The van der Waals surface area contributed by atoms with Gasteiger partial charge in [-0.05, 0) is 75.7 Å². The highest BCUT2D eigenvalue weighted by atomic mass is 15.1. The van der Waals surface area contributed by atoms with E-state index in [1.807, 2.05) is 0 Å². The average molecular weight is 281 g/mol. The van der Waals surface area contributed by atoms with E-state index in [2.05, 4.69) is 32.7 Å². The molecule has 2 nitrogen and oxygen atoms in total. The van der Waals surface area contributed by atoms with Crippen LogP contribution in [-0.4, -0.2) is 30.6 Å². The molecule has 118 valence electrons. The molecule has 0 aliphatic heterocycles. The standard InChI is InChI=1S/C18H36N2/c1-13(2)15-7-10-18(19)16(11-15)12-20(4)17-8-5-14(3)6-9-17/h13-18H,5-12,19H2,1-4H3. The Bertz CT molecular complexity index is 281. The molecule has 0 aromatic carbocycles. The van der Waals surface area contributed by atoms with Crippen LogP contribution in [0.4, 0.5) is 0 Å². The second-order valence-corrected chi connectivity index (χ2v) is 8.09. The zero-order chi connectivity index (χ0) is 14.7. The van der Waals surface area contributed by atoms with E-state index in [0.29, 0.717) is 6.04 Å². The van der Waals surface area contributed by atoms with Crippen molar-refractivity contribution in [2.45, 2.75) is 77.8 Å². The molecule has 0 spiro atoms. The lowest BCUT2D eigenvalue weighted by Gasteiger charge is -2.41. The molecule has 0 aromatic rings. The van der Waals surface area contributed by atoms with Gasteiger partial charge in [-0.1, -0.05) is 20.8 Å². The van der Waals surface area contributed by atoms with Crippen LogP contribution in [0.25, 0.3) is 0 Å². The molecule has 0 aromatic heterocycles. The third-order valence-electron chi connectivity index (χ3n) is 6.16. The summed E-state index contributed by atoms with van der Waals surface area (Å²) in [5.74, 6) is 3.40. The molecule has 2 fully saturated rings. The minimum absolute atomic E-state index is 0.440. The Morgan fingerprint density at radius 1 is 1.05 bits per heavy atom. The second kappa shape index (κ2) is 7.26. The normalized spacial score (nSPS) is 39.5. The van der Waals surface area contributed by atoms with Gasteiger partial charge in [-0.25, -0.2) is 0 Å². The van der Waals surface area contributed by atoms with Gasteiger partial charge in [-0.15, -0.1) is 0 Å². The maximum absolute atomic E-state index is 6.41. The van der Waals surface area contributed by atoms with Crippen molar-refractivity contribution in [3.8, 4) is 0 Å². The van der Waals surface area contributed by atoms with Crippen molar-refractivity contribution in [1.82, 2.24) is 4.90 Å². The molecule has 2 aliphatic rings.